The Kier molecular flexibility index (Phi) is 8.74. The Hall–Kier alpha value is -3.56. The van der Waals surface area contributed by atoms with E-state index in [0.29, 0.717) is 30.5 Å². The van der Waals surface area contributed by atoms with Crippen molar-refractivity contribution < 1.29 is 49.4 Å². The zero-order valence-corrected chi connectivity index (χ0v) is 20.2. The Balaban J connectivity index is 2.14. The van der Waals surface area contributed by atoms with Crippen LogP contribution in [0.4, 0.5) is 26.3 Å². The molecule has 0 bridgehead atoms. The molecule has 38 heavy (non-hydrogen) atoms. The number of carbonyl (C=O) groups is 1. The van der Waals surface area contributed by atoms with Crippen LogP contribution < -0.4 is 5.32 Å². The normalized spacial score (nSPS) is 12.8. The molecular formula is C23H19F6N3O5S. The smallest absolute Gasteiger partial charge is 0.394 e. The SMILES string of the molecule is Cc1cc(C(=O)NCOCCO)ncc1C(c1c(F)ccc(F)c1F)S(=O)(=O)c1ccc(C(F)(F)F)nc1. The number of aliphatic hydroxyl groups is 1. The fourth-order valence-corrected chi connectivity index (χ4v) is 5.26. The summed E-state index contributed by atoms with van der Waals surface area (Å²) in [6.45, 7) is 0.645. The molecule has 15 heteroatoms. The van der Waals surface area contributed by atoms with E-state index in [1.165, 1.54) is 6.92 Å². The monoisotopic (exact) mass is 563 g/mol. The number of rotatable bonds is 9. The minimum Gasteiger partial charge on any atom is -0.394 e. The van der Waals surface area contributed by atoms with Gasteiger partial charge in [0.2, 0.25) is 0 Å². The second-order valence-corrected chi connectivity index (χ2v) is 9.80. The first kappa shape index (κ1) is 29.0. The molecule has 1 amide bonds. The second kappa shape index (κ2) is 11.4. The molecular weight excluding hydrogens is 544 g/mol. The lowest BCUT2D eigenvalue weighted by molar-refractivity contribution is -0.141. The van der Waals surface area contributed by atoms with Gasteiger partial charge in [0.15, 0.2) is 21.5 Å². The molecule has 2 aromatic heterocycles. The predicted molar refractivity (Wildman–Crippen MR) is 119 cm³/mol. The molecule has 1 aromatic carbocycles. The topological polar surface area (TPSA) is 118 Å². The average Bonchev–Trinajstić information content (AvgIpc) is 2.86. The van der Waals surface area contributed by atoms with E-state index in [2.05, 4.69) is 15.3 Å². The number of nitrogens with one attached hydrogen (secondary N) is 1. The van der Waals surface area contributed by atoms with Crippen molar-refractivity contribution in [1.82, 2.24) is 15.3 Å². The number of benzene rings is 1. The summed E-state index contributed by atoms with van der Waals surface area (Å²) in [7, 11) is -4.97. The van der Waals surface area contributed by atoms with Crippen LogP contribution in [-0.2, 0) is 20.8 Å². The van der Waals surface area contributed by atoms with Crippen molar-refractivity contribution in [2.75, 3.05) is 19.9 Å². The Labute approximate surface area is 212 Å². The fraction of sp³-hybridized carbons (Fsp3) is 0.261. The molecule has 0 spiro atoms. The predicted octanol–water partition coefficient (Wildman–Crippen LogP) is 3.48. The van der Waals surface area contributed by atoms with Crippen LogP contribution in [0.2, 0.25) is 0 Å². The number of aliphatic hydroxyl groups excluding tert-OH is 1. The number of aryl methyl sites for hydroxylation is 1. The van der Waals surface area contributed by atoms with E-state index in [0.717, 1.165) is 12.3 Å². The molecule has 2 heterocycles. The number of pyridine rings is 2. The molecule has 3 aromatic rings. The van der Waals surface area contributed by atoms with Gasteiger partial charge < -0.3 is 15.2 Å². The van der Waals surface area contributed by atoms with E-state index >= 15 is 0 Å². The zero-order valence-electron chi connectivity index (χ0n) is 19.4. The Morgan fingerprint density at radius 2 is 1.76 bits per heavy atom. The largest absolute Gasteiger partial charge is 0.433 e. The number of amides is 1. The summed E-state index contributed by atoms with van der Waals surface area (Å²) < 4.78 is 115. The van der Waals surface area contributed by atoms with Gasteiger partial charge in [-0.3, -0.25) is 14.8 Å². The van der Waals surface area contributed by atoms with Crippen LogP contribution in [0.3, 0.4) is 0 Å². The minimum atomic E-state index is -4.97. The number of sulfone groups is 1. The average molecular weight is 563 g/mol. The molecule has 2 N–H and O–H groups in total. The van der Waals surface area contributed by atoms with E-state index in [9.17, 15) is 39.6 Å². The van der Waals surface area contributed by atoms with Crippen LogP contribution in [0.15, 0.2) is 47.6 Å². The van der Waals surface area contributed by atoms with Crippen molar-refractivity contribution in [3.05, 3.63) is 88.3 Å². The van der Waals surface area contributed by atoms with Gasteiger partial charge in [0.1, 0.15) is 29.2 Å². The van der Waals surface area contributed by atoms with Gasteiger partial charge >= 0.3 is 6.18 Å². The minimum absolute atomic E-state index is 0.0158. The molecule has 0 saturated carbocycles. The van der Waals surface area contributed by atoms with Crippen molar-refractivity contribution in [3.63, 3.8) is 0 Å². The summed E-state index contributed by atoms with van der Waals surface area (Å²) in [6, 6.07) is 2.97. The highest BCUT2D eigenvalue weighted by Gasteiger charge is 2.39. The molecule has 0 fully saturated rings. The van der Waals surface area contributed by atoms with Crippen LogP contribution in [0.5, 0.6) is 0 Å². The van der Waals surface area contributed by atoms with Gasteiger partial charge in [-0.25, -0.2) is 21.6 Å². The molecule has 0 saturated heterocycles. The zero-order chi connectivity index (χ0) is 28.3. The number of carbonyl (C=O) groups excluding carboxylic acids is 1. The molecule has 1 unspecified atom stereocenters. The maximum Gasteiger partial charge on any atom is 0.433 e. The maximum atomic E-state index is 14.8. The van der Waals surface area contributed by atoms with E-state index < -0.39 is 60.8 Å². The number of nitrogens with zero attached hydrogens (tertiary/aromatic N) is 2. The Morgan fingerprint density at radius 1 is 1.08 bits per heavy atom. The summed E-state index contributed by atoms with van der Waals surface area (Å²) in [5.74, 6) is -5.62. The number of ether oxygens (including phenoxy) is 1. The number of hydrogen-bond acceptors (Lipinski definition) is 7. The van der Waals surface area contributed by atoms with Crippen LogP contribution in [0.25, 0.3) is 0 Å². The lowest BCUT2D eigenvalue weighted by atomic mass is 10.00. The Morgan fingerprint density at radius 3 is 2.34 bits per heavy atom. The maximum absolute atomic E-state index is 14.8. The van der Waals surface area contributed by atoms with Gasteiger partial charge in [0, 0.05) is 18.0 Å². The summed E-state index contributed by atoms with van der Waals surface area (Å²) in [4.78, 5) is 18.4. The number of halogens is 6. The van der Waals surface area contributed by atoms with Gasteiger partial charge in [-0.05, 0) is 48.4 Å². The molecule has 3 rings (SSSR count). The molecule has 1 atom stereocenters. The third kappa shape index (κ3) is 6.11. The van der Waals surface area contributed by atoms with Crippen molar-refractivity contribution >= 4 is 15.7 Å². The Bertz CT molecular complexity index is 1430. The van der Waals surface area contributed by atoms with Crippen LogP contribution >= 0.6 is 0 Å². The van der Waals surface area contributed by atoms with E-state index in [4.69, 9.17) is 9.84 Å². The number of aromatic nitrogens is 2. The van der Waals surface area contributed by atoms with Gasteiger partial charge in [-0.15, -0.1) is 0 Å². The number of hydrogen-bond donors (Lipinski definition) is 2. The fourth-order valence-electron chi connectivity index (χ4n) is 3.42. The van der Waals surface area contributed by atoms with E-state index in [-0.39, 0.29) is 36.8 Å². The van der Waals surface area contributed by atoms with Crippen molar-refractivity contribution in [1.29, 1.82) is 0 Å². The van der Waals surface area contributed by atoms with Gasteiger partial charge in [-0.1, -0.05) is 0 Å². The third-order valence-electron chi connectivity index (χ3n) is 5.24. The highest BCUT2D eigenvalue weighted by atomic mass is 32.2. The highest BCUT2D eigenvalue weighted by molar-refractivity contribution is 7.91. The lowest BCUT2D eigenvalue weighted by Gasteiger charge is -2.22. The summed E-state index contributed by atoms with van der Waals surface area (Å²) >= 11 is 0. The molecule has 0 aliphatic heterocycles. The van der Waals surface area contributed by atoms with E-state index in [1.807, 2.05) is 0 Å². The van der Waals surface area contributed by atoms with Crippen LogP contribution in [-0.4, -0.2) is 49.3 Å². The van der Waals surface area contributed by atoms with Crippen LogP contribution in [0, 0.1) is 24.4 Å². The van der Waals surface area contributed by atoms with Crippen molar-refractivity contribution in [3.8, 4) is 0 Å². The first-order valence-corrected chi connectivity index (χ1v) is 12.2. The van der Waals surface area contributed by atoms with Crippen molar-refractivity contribution in [2.45, 2.75) is 23.2 Å². The summed E-state index contributed by atoms with van der Waals surface area (Å²) in [5.41, 5.74) is -3.28. The number of alkyl halides is 3. The molecule has 0 aliphatic rings. The second-order valence-electron chi connectivity index (χ2n) is 7.77. The lowest BCUT2D eigenvalue weighted by Crippen LogP contribution is -2.28. The molecule has 0 aliphatic carbocycles. The molecule has 8 nitrogen and oxygen atoms in total. The quantitative estimate of drug-likeness (QED) is 0.177. The third-order valence-corrected chi connectivity index (χ3v) is 7.25. The first-order chi connectivity index (χ1) is 17.8. The van der Waals surface area contributed by atoms with Gasteiger partial charge in [0.05, 0.1) is 18.1 Å². The summed E-state index contributed by atoms with van der Waals surface area (Å²) in [5, 5.41) is 8.69. The first-order valence-electron chi connectivity index (χ1n) is 10.6. The van der Waals surface area contributed by atoms with Crippen LogP contribution in [0.1, 0.15) is 38.1 Å². The standard InChI is InChI=1S/C23H19F6N3O5S/c1-12-8-17(22(34)32-11-37-7-6-33)30-10-14(12)21(19-15(24)3-4-16(25)20(19)26)38(35,36)13-2-5-18(31-9-13)23(27,28)29/h2-5,8-10,21,33H,6-7,11H2,1H3,(H,32,34). The van der Waals surface area contributed by atoms with E-state index in [1.54, 1.807) is 0 Å². The van der Waals surface area contributed by atoms with Gasteiger partial charge in [-0.2, -0.15) is 13.2 Å². The molecule has 204 valence electrons. The molecule has 0 radical (unpaired) electrons. The van der Waals surface area contributed by atoms with Crippen molar-refractivity contribution in [2.24, 2.45) is 0 Å². The van der Waals surface area contributed by atoms with Gasteiger partial charge in [0.25, 0.3) is 5.91 Å². The highest BCUT2D eigenvalue weighted by Crippen LogP contribution is 2.40. The summed E-state index contributed by atoms with van der Waals surface area (Å²) in [6.07, 6.45) is -3.68.